The van der Waals surface area contributed by atoms with E-state index in [4.69, 9.17) is 10.2 Å². The second-order valence-electron chi connectivity index (χ2n) is 14.9. The minimum absolute atomic E-state index is 0.146. The zero-order valence-electron chi connectivity index (χ0n) is 32.5. The number of carbonyl (C=O) groups is 1. The molecule has 0 saturated heterocycles. The lowest BCUT2D eigenvalue weighted by Crippen LogP contribution is -2.36. The molecular weight excluding hydrogens is 779 g/mol. The lowest BCUT2D eigenvalue weighted by Gasteiger charge is -2.25. The van der Waals surface area contributed by atoms with Gasteiger partial charge < -0.3 is 9.80 Å². The number of fused-ring (bicyclic) bond motifs is 2. The van der Waals surface area contributed by atoms with E-state index in [1.807, 2.05) is 104 Å². The molecular formula is C47H38F6N6O. The largest absolute Gasteiger partial charge is 0.416 e. The van der Waals surface area contributed by atoms with Crippen molar-refractivity contribution in [3.63, 3.8) is 0 Å². The number of halogens is 6. The van der Waals surface area contributed by atoms with Gasteiger partial charge in [-0.15, -0.1) is 0 Å². The van der Waals surface area contributed by atoms with Gasteiger partial charge in [0.25, 0.3) is 5.91 Å². The van der Waals surface area contributed by atoms with Gasteiger partial charge in [0, 0.05) is 58.6 Å². The van der Waals surface area contributed by atoms with Gasteiger partial charge in [-0.25, -0.2) is 0 Å². The van der Waals surface area contributed by atoms with E-state index >= 15 is 0 Å². The molecule has 0 aliphatic rings. The number of aromatic nitrogens is 4. The van der Waals surface area contributed by atoms with Gasteiger partial charge in [0.05, 0.1) is 24.2 Å². The highest BCUT2D eigenvalue weighted by Gasteiger charge is 2.31. The second-order valence-corrected chi connectivity index (χ2v) is 14.9. The Balaban J connectivity index is 1.09. The van der Waals surface area contributed by atoms with Crippen molar-refractivity contribution < 1.29 is 31.1 Å². The molecule has 0 atom stereocenters. The number of carbonyl (C=O) groups excluding carboxylic acids is 1. The highest BCUT2D eigenvalue weighted by Crippen LogP contribution is 2.34. The third-order valence-electron chi connectivity index (χ3n) is 10.3. The molecule has 0 spiro atoms. The fraction of sp³-hybridized carbons (Fsp3) is 0.170. The van der Waals surface area contributed by atoms with E-state index < -0.39 is 23.5 Å². The molecule has 0 aliphatic heterocycles. The molecule has 304 valence electrons. The summed E-state index contributed by atoms with van der Waals surface area (Å²) in [5.41, 5.74) is 5.09. The maximum atomic E-state index is 14.6. The number of alkyl halides is 6. The molecule has 0 aliphatic carbocycles. The van der Waals surface area contributed by atoms with Crippen molar-refractivity contribution in [3.8, 4) is 22.3 Å². The average molecular weight is 817 g/mol. The molecule has 8 aromatic rings. The van der Waals surface area contributed by atoms with E-state index in [0.29, 0.717) is 46.5 Å². The topological polar surface area (TPSA) is 59.2 Å². The summed E-state index contributed by atoms with van der Waals surface area (Å²) in [6, 6.07) is 36.8. The van der Waals surface area contributed by atoms with Crippen LogP contribution < -0.4 is 4.90 Å². The lowest BCUT2D eigenvalue weighted by atomic mass is 10.00. The predicted octanol–water partition coefficient (Wildman–Crippen LogP) is 11.1. The number of nitrogens with zero attached hydrogens (tertiary/aromatic N) is 6. The van der Waals surface area contributed by atoms with Crippen LogP contribution >= 0.6 is 0 Å². The van der Waals surface area contributed by atoms with Crippen LogP contribution in [0.3, 0.4) is 0 Å². The van der Waals surface area contributed by atoms with E-state index in [1.165, 1.54) is 12.1 Å². The summed E-state index contributed by atoms with van der Waals surface area (Å²) in [6.07, 6.45) is -5.29. The molecule has 6 aromatic carbocycles. The summed E-state index contributed by atoms with van der Waals surface area (Å²) in [7, 11) is 3.87. The summed E-state index contributed by atoms with van der Waals surface area (Å²) in [5, 5.41) is 11.2. The SMILES string of the molecule is CN(C)CCN(C(=O)c1cccc(-c2cccc3cn(Cc4cccc(C(F)(F)F)c4)nc23)c1)c1cccc(-c2cccc3cn(Cc4cccc(C(F)(F)F)c4)nc23)c1. The Morgan fingerprint density at radius 3 is 1.57 bits per heavy atom. The molecule has 0 fully saturated rings. The molecule has 7 nitrogen and oxygen atoms in total. The van der Waals surface area contributed by atoms with Crippen molar-refractivity contribution in [1.82, 2.24) is 24.5 Å². The Bertz CT molecular complexity index is 2840. The van der Waals surface area contributed by atoms with Crippen LogP contribution in [0, 0.1) is 0 Å². The Hall–Kier alpha value is -6.73. The van der Waals surface area contributed by atoms with Crippen molar-refractivity contribution in [2.45, 2.75) is 25.4 Å². The summed E-state index contributed by atoms with van der Waals surface area (Å²) in [4.78, 5) is 18.3. The van der Waals surface area contributed by atoms with Gasteiger partial charge in [0.1, 0.15) is 11.0 Å². The van der Waals surface area contributed by atoms with Crippen molar-refractivity contribution in [3.05, 3.63) is 174 Å². The van der Waals surface area contributed by atoms with Gasteiger partial charge in [-0.05, 0) is 84.9 Å². The van der Waals surface area contributed by atoms with Gasteiger partial charge in [0.15, 0.2) is 0 Å². The fourth-order valence-electron chi connectivity index (χ4n) is 7.35. The van der Waals surface area contributed by atoms with Crippen molar-refractivity contribution in [2.75, 3.05) is 32.1 Å². The van der Waals surface area contributed by atoms with Crippen LogP contribution in [0.15, 0.2) is 146 Å². The Morgan fingerprint density at radius 2 is 1.05 bits per heavy atom. The summed E-state index contributed by atoms with van der Waals surface area (Å²) in [6.45, 7) is 1.26. The molecule has 8 rings (SSSR count). The van der Waals surface area contributed by atoms with Crippen LogP contribution in [0.1, 0.15) is 32.6 Å². The molecule has 0 unspecified atom stereocenters. The minimum Gasteiger partial charge on any atom is -0.308 e. The van der Waals surface area contributed by atoms with E-state index in [-0.39, 0.29) is 19.0 Å². The smallest absolute Gasteiger partial charge is 0.308 e. The minimum atomic E-state index is -4.45. The summed E-state index contributed by atoms with van der Waals surface area (Å²) < 4.78 is 83.6. The van der Waals surface area contributed by atoms with Gasteiger partial charge in [0.2, 0.25) is 0 Å². The molecule has 0 bridgehead atoms. The fourth-order valence-corrected chi connectivity index (χ4v) is 7.35. The van der Waals surface area contributed by atoms with Crippen molar-refractivity contribution in [2.24, 2.45) is 0 Å². The summed E-state index contributed by atoms with van der Waals surface area (Å²) in [5.74, 6) is -0.221. The Morgan fingerprint density at radius 1 is 0.567 bits per heavy atom. The molecule has 0 N–H and O–H groups in total. The molecule has 0 saturated carbocycles. The highest BCUT2D eigenvalue weighted by molar-refractivity contribution is 6.08. The number of anilines is 1. The first-order valence-electron chi connectivity index (χ1n) is 19.1. The monoisotopic (exact) mass is 816 g/mol. The molecule has 60 heavy (non-hydrogen) atoms. The molecule has 2 heterocycles. The molecule has 2 aromatic heterocycles. The summed E-state index contributed by atoms with van der Waals surface area (Å²) >= 11 is 0. The van der Waals surface area contributed by atoms with Gasteiger partial charge >= 0.3 is 12.4 Å². The van der Waals surface area contributed by atoms with E-state index in [0.717, 1.165) is 57.3 Å². The van der Waals surface area contributed by atoms with Crippen LogP contribution in [0.4, 0.5) is 32.0 Å². The maximum absolute atomic E-state index is 14.6. The van der Waals surface area contributed by atoms with Crippen LogP contribution in [0.2, 0.25) is 0 Å². The van der Waals surface area contributed by atoms with Crippen LogP contribution in [-0.4, -0.2) is 57.6 Å². The standard InChI is InChI=1S/C47H38F6N6O/c1-56(2)21-22-59(40-18-6-12-34(26-40)42-20-8-15-37-30-58(55-44(37)42)28-32-10-4-17-39(24-32)47(51,52)53)45(60)35-13-5-11-33(25-35)41-19-7-14-36-29-57(54-43(36)41)27-31-9-3-16-38(23-31)46(48,49)50/h3-20,23-26,29-30H,21-22,27-28H2,1-2H3. The normalized spacial score (nSPS) is 12.2. The van der Waals surface area contributed by atoms with E-state index in [2.05, 4.69) is 0 Å². The number of likely N-dealkylation sites (N-methyl/N-ethyl adjacent to an activating group) is 1. The molecule has 1 amide bonds. The second kappa shape index (κ2) is 16.1. The van der Waals surface area contributed by atoms with Crippen molar-refractivity contribution >= 4 is 33.4 Å². The first-order valence-corrected chi connectivity index (χ1v) is 19.1. The Kier molecular flexibility index (Phi) is 10.8. The third-order valence-corrected chi connectivity index (χ3v) is 10.3. The zero-order chi connectivity index (χ0) is 42.2. The van der Waals surface area contributed by atoms with E-state index in [1.54, 1.807) is 38.7 Å². The van der Waals surface area contributed by atoms with Gasteiger partial charge in [-0.2, -0.15) is 36.5 Å². The van der Waals surface area contributed by atoms with Gasteiger partial charge in [-0.3, -0.25) is 14.2 Å². The number of rotatable bonds is 11. The quantitative estimate of drug-likeness (QED) is 0.122. The van der Waals surface area contributed by atoms with Crippen LogP contribution in [0.5, 0.6) is 0 Å². The zero-order valence-corrected chi connectivity index (χ0v) is 32.5. The molecule has 13 heteroatoms. The lowest BCUT2D eigenvalue weighted by molar-refractivity contribution is -0.138. The highest BCUT2D eigenvalue weighted by atomic mass is 19.4. The number of benzene rings is 6. The van der Waals surface area contributed by atoms with Crippen LogP contribution in [0.25, 0.3) is 44.1 Å². The molecule has 0 radical (unpaired) electrons. The number of amides is 1. The van der Waals surface area contributed by atoms with E-state index in [9.17, 15) is 31.1 Å². The van der Waals surface area contributed by atoms with Gasteiger partial charge in [-0.1, -0.05) is 84.9 Å². The first-order chi connectivity index (χ1) is 28.7. The number of hydrogen-bond acceptors (Lipinski definition) is 4. The van der Waals surface area contributed by atoms with Crippen LogP contribution in [-0.2, 0) is 25.4 Å². The van der Waals surface area contributed by atoms with Crippen molar-refractivity contribution in [1.29, 1.82) is 0 Å². The third kappa shape index (κ3) is 8.67. The Labute approximate surface area is 341 Å². The first kappa shape index (κ1) is 40.1. The maximum Gasteiger partial charge on any atom is 0.416 e. The predicted molar refractivity (Wildman–Crippen MR) is 222 cm³/mol. The average Bonchev–Trinajstić information content (AvgIpc) is 3.83. The number of hydrogen-bond donors (Lipinski definition) is 0.